The molecule has 29 heavy (non-hydrogen) atoms. The van der Waals surface area contributed by atoms with Gasteiger partial charge in [0.15, 0.2) is 0 Å². The maximum atomic E-state index is 12.7. The molecule has 1 aromatic carbocycles. The fourth-order valence-corrected chi connectivity index (χ4v) is 4.75. The molecule has 0 spiro atoms. The summed E-state index contributed by atoms with van der Waals surface area (Å²) >= 11 is 0. The molecule has 0 aromatic heterocycles. The van der Waals surface area contributed by atoms with E-state index in [1.165, 1.54) is 11.1 Å². The molecule has 0 saturated carbocycles. The molecule has 0 aliphatic carbocycles. The highest BCUT2D eigenvalue weighted by molar-refractivity contribution is 6.07. The van der Waals surface area contributed by atoms with Gasteiger partial charge in [-0.25, -0.2) is 4.79 Å². The van der Waals surface area contributed by atoms with Gasteiger partial charge >= 0.3 is 6.03 Å². The summed E-state index contributed by atoms with van der Waals surface area (Å²) in [5.74, 6) is 1.48. The van der Waals surface area contributed by atoms with Crippen molar-refractivity contribution in [2.24, 2.45) is 11.8 Å². The molecular weight excluding hydrogens is 366 g/mol. The van der Waals surface area contributed by atoms with Gasteiger partial charge in [-0.3, -0.25) is 15.0 Å². The first-order valence-corrected chi connectivity index (χ1v) is 10.7. The topological polar surface area (TPSA) is 70.7 Å². The van der Waals surface area contributed by atoms with E-state index >= 15 is 0 Å². The number of benzene rings is 1. The van der Waals surface area contributed by atoms with Gasteiger partial charge in [-0.05, 0) is 87.2 Å². The molecule has 2 N–H and O–H groups in total. The number of amides is 3. The van der Waals surface area contributed by atoms with E-state index in [9.17, 15) is 9.59 Å². The maximum Gasteiger partial charge on any atom is 0.322 e. The van der Waals surface area contributed by atoms with E-state index in [1.807, 2.05) is 0 Å². The normalized spacial score (nSPS) is 23.4. The van der Waals surface area contributed by atoms with Crippen LogP contribution in [-0.2, 0) is 11.3 Å². The molecular formula is C23H35N3O3. The minimum atomic E-state index is -0.736. The lowest BCUT2D eigenvalue weighted by atomic mass is 9.74. The molecule has 160 valence electrons. The molecule has 0 radical (unpaired) electrons. The quantitative estimate of drug-likeness (QED) is 0.686. The fraction of sp³-hybridized carbons (Fsp3) is 0.652. The number of hydrogen-bond donors (Lipinski definition) is 2. The monoisotopic (exact) mass is 401 g/mol. The first-order chi connectivity index (χ1) is 13.7. The number of carbonyl (C=O) groups is 2. The average molecular weight is 402 g/mol. The van der Waals surface area contributed by atoms with Crippen LogP contribution in [0.1, 0.15) is 56.2 Å². The largest absolute Gasteiger partial charge is 0.496 e. The Bertz CT molecular complexity index is 769. The standard InChI is InChI=1S/C23H35N3O3/c1-15(2)6-9-23(21(27)24-22(28)25-23)19-7-10-26(11-8-19)14-18-12-17(4)20(29-5)13-16(18)3/h12-13,15,19H,6-11,14H2,1-5H3,(H2,24,25,27,28)/t23-/m0/s1. The summed E-state index contributed by atoms with van der Waals surface area (Å²) in [6.07, 6.45) is 3.47. The highest BCUT2D eigenvalue weighted by Crippen LogP contribution is 2.36. The minimum absolute atomic E-state index is 0.136. The molecule has 1 atom stereocenters. The molecule has 0 bridgehead atoms. The number of nitrogens with one attached hydrogen (secondary N) is 2. The number of methoxy groups -OCH3 is 1. The van der Waals surface area contributed by atoms with Crippen LogP contribution < -0.4 is 15.4 Å². The Morgan fingerprint density at radius 3 is 2.41 bits per heavy atom. The Hall–Kier alpha value is -2.08. The summed E-state index contributed by atoms with van der Waals surface area (Å²) in [6.45, 7) is 11.3. The van der Waals surface area contributed by atoms with Gasteiger partial charge in [0.1, 0.15) is 11.3 Å². The SMILES string of the molecule is COc1cc(C)c(CN2CCC([C@]3(CCC(C)C)NC(=O)NC3=O)CC2)cc1C. The van der Waals surface area contributed by atoms with E-state index in [4.69, 9.17) is 4.74 Å². The number of hydrogen-bond acceptors (Lipinski definition) is 4. The predicted octanol–water partition coefficient (Wildman–Crippen LogP) is 3.54. The Labute approximate surface area is 174 Å². The predicted molar refractivity (Wildman–Crippen MR) is 114 cm³/mol. The Balaban J connectivity index is 1.66. The van der Waals surface area contributed by atoms with E-state index in [-0.39, 0.29) is 17.9 Å². The van der Waals surface area contributed by atoms with Crippen molar-refractivity contribution < 1.29 is 14.3 Å². The van der Waals surface area contributed by atoms with Crippen LogP contribution in [0.15, 0.2) is 12.1 Å². The molecule has 2 saturated heterocycles. The first kappa shape index (κ1) is 21.6. The fourth-order valence-electron chi connectivity index (χ4n) is 4.75. The summed E-state index contributed by atoms with van der Waals surface area (Å²) in [5, 5.41) is 5.49. The second kappa shape index (κ2) is 8.74. The second-order valence-electron chi connectivity index (χ2n) is 9.11. The lowest BCUT2D eigenvalue weighted by molar-refractivity contribution is -0.127. The molecule has 6 heteroatoms. The zero-order valence-electron chi connectivity index (χ0n) is 18.4. The second-order valence-corrected chi connectivity index (χ2v) is 9.11. The number of imide groups is 1. The van der Waals surface area contributed by atoms with Crippen molar-refractivity contribution in [1.82, 2.24) is 15.5 Å². The molecule has 2 fully saturated rings. The van der Waals surface area contributed by atoms with Crippen LogP contribution in [0.3, 0.4) is 0 Å². The Kier molecular flexibility index (Phi) is 6.52. The maximum absolute atomic E-state index is 12.7. The summed E-state index contributed by atoms with van der Waals surface area (Å²) in [7, 11) is 1.71. The molecule has 1 aromatic rings. The molecule has 6 nitrogen and oxygen atoms in total. The van der Waals surface area contributed by atoms with Crippen molar-refractivity contribution in [3.63, 3.8) is 0 Å². The summed E-state index contributed by atoms with van der Waals surface area (Å²) in [5.41, 5.74) is 2.98. The summed E-state index contributed by atoms with van der Waals surface area (Å²) in [6, 6.07) is 3.98. The van der Waals surface area contributed by atoms with Crippen molar-refractivity contribution in [1.29, 1.82) is 0 Å². The summed E-state index contributed by atoms with van der Waals surface area (Å²) < 4.78 is 5.43. The van der Waals surface area contributed by atoms with Gasteiger partial charge in [0.05, 0.1) is 7.11 Å². The van der Waals surface area contributed by atoms with Gasteiger partial charge < -0.3 is 10.1 Å². The third kappa shape index (κ3) is 4.58. The molecule has 0 unspecified atom stereocenters. The van der Waals surface area contributed by atoms with Gasteiger partial charge in [-0.2, -0.15) is 0 Å². The van der Waals surface area contributed by atoms with Crippen LogP contribution in [-0.4, -0.2) is 42.6 Å². The third-order valence-electron chi connectivity index (χ3n) is 6.62. The van der Waals surface area contributed by atoms with Gasteiger partial charge in [0.25, 0.3) is 5.91 Å². The van der Waals surface area contributed by atoms with Gasteiger partial charge in [-0.15, -0.1) is 0 Å². The molecule has 2 heterocycles. The van der Waals surface area contributed by atoms with Crippen LogP contribution in [0.25, 0.3) is 0 Å². The average Bonchev–Trinajstić information content (AvgIpc) is 2.97. The number of piperidine rings is 1. The third-order valence-corrected chi connectivity index (χ3v) is 6.62. The minimum Gasteiger partial charge on any atom is -0.496 e. The molecule has 2 aliphatic heterocycles. The van der Waals surface area contributed by atoms with Crippen LogP contribution in [0, 0.1) is 25.7 Å². The van der Waals surface area contributed by atoms with Crippen molar-refractivity contribution in [2.45, 2.75) is 65.5 Å². The molecule has 3 amide bonds. The number of urea groups is 1. The number of carbonyl (C=O) groups excluding carboxylic acids is 2. The Morgan fingerprint density at radius 1 is 1.17 bits per heavy atom. The zero-order valence-corrected chi connectivity index (χ0v) is 18.4. The molecule has 3 rings (SSSR count). The molecule has 2 aliphatic rings. The van der Waals surface area contributed by atoms with Gasteiger partial charge in [0, 0.05) is 6.54 Å². The van der Waals surface area contributed by atoms with E-state index in [0.29, 0.717) is 12.3 Å². The lowest BCUT2D eigenvalue weighted by Gasteiger charge is -2.41. The van der Waals surface area contributed by atoms with Crippen LogP contribution >= 0.6 is 0 Å². The van der Waals surface area contributed by atoms with Crippen molar-refractivity contribution in [3.8, 4) is 5.75 Å². The van der Waals surface area contributed by atoms with Crippen molar-refractivity contribution in [3.05, 3.63) is 28.8 Å². The van der Waals surface area contributed by atoms with E-state index < -0.39 is 5.54 Å². The lowest BCUT2D eigenvalue weighted by Crippen LogP contribution is -2.56. The number of ether oxygens (including phenoxy) is 1. The zero-order chi connectivity index (χ0) is 21.2. The highest BCUT2D eigenvalue weighted by atomic mass is 16.5. The first-order valence-electron chi connectivity index (χ1n) is 10.7. The summed E-state index contributed by atoms with van der Waals surface area (Å²) in [4.78, 5) is 27.1. The van der Waals surface area contributed by atoms with Gasteiger partial charge in [0.2, 0.25) is 0 Å². The van der Waals surface area contributed by atoms with Crippen molar-refractivity contribution in [2.75, 3.05) is 20.2 Å². The van der Waals surface area contributed by atoms with Gasteiger partial charge in [-0.1, -0.05) is 19.9 Å². The number of nitrogens with zero attached hydrogens (tertiary/aromatic N) is 1. The number of rotatable bonds is 7. The highest BCUT2D eigenvalue weighted by Gasteiger charge is 2.51. The van der Waals surface area contributed by atoms with Crippen LogP contribution in [0.4, 0.5) is 4.79 Å². The number of likely N-dealkylation sites (tertiary alicyclic amines) is 1. The van der Waals surface area contributed by atoms with E-state index in [1.54, 1.807) is 7.11 Å². The van der Waals surface area contributed by atoms with E-state index in [0.717, 1.165) is 50.2 Å². The number of aryl methyl sites for hydroxylation is 2. The smallest absolute Gasteiger partial charge is 0.322 e. The van der Waals surface area contributed by atoms with E-state index in [2.05, 4.69) is 55.4 Å². The Morgan fingerprint density at radius 2 is 1.86 bits per heavy atom. The van der Waals surface area contributed by atoms with Crippen LogP contribution in [0.5, 0.6) is 5.75 Å². The van der Waals surface area contributed by atoms with Crippen LogP contribution in [0.2, 0.25) is 0 Å². The van der Waals surface area contributed by atoms with Crippen molar-refractivity contribution >= 4 is 11.9 Å².